The Balaban J connectivity index is 1.16. The van der Waals surface area contributed by atoms with Crippen molar-refractivity contribution in [3.05, 3.63) is 0 Å². The van der Waals surface area contributed by atoms with E-state index in [0.29, 0.717) is 34.5 Å². The minimum atomic E-state index is -1.16. The highest BCUT2D eigenvalue weighted by Crippen LogP contribution is 2.91. The number of rotatable bonds is 5. The molecule has 7 nitrogen and oxygen atoms in total. The second-order valence-electron chi connectivity index (χ2n) is 18.1. The van der Waals surface area contributed by atoms with E-state index in [2.05, 4.69) is 46.9 Å². The molecule has 7 rings (SSSR count). The molecule has 2 heterocycles. The van der Waals surface area contributed by atoms with Gasteiger partial charge in [-0.2, -0.15) is 0 Å². The Morgan fingerprint density at radius 2 is 1.70 bits per heavy atom. The third kappa shape index (κ3) is 4.07. The molecule has 0 bridgehead atoms. The van der Waals surface area contributed by atoms with Gasteiger partial charge in [-0.3, -0.25) is 4.79 Å². The SMILES string of the molecule is CC(=O)O[C@@H]([C@H]1CC(C)C2[C@@H](C[C@@]3(C)[C@@H]4CCC5C(C)(C)[C@@H](OC6CNCCO6)CCC56[C@@H](C)[C@@]46CC[C@]23C)O1)C(C)(C)O. The number of nitrogens with one attached hydrogen (secondary N) is 1. The molecule has 0 aromatic rings. The molecule has 7 aliphatic rings. The summed E-state index contributed by atoms with van der Waals surface area (Å²) < 4.78 is 25.5. The van der Waals surface area contributed by atoms with Crippen LogP contribution in [0.1, 0.15) is 114 Å². The van der Waals surface area contributed by atoms with Crippen LogP contribution in [-0.4, -0.2) is 67.1 Å². The Kier molecular flexibility index (Phi) is 7.34. The molecule has 0 aromatic heterocycles. The lowest BCUT2D eigenvalue weighted by atomic mass is 9.41. The van der Waals surface area contributed by atoms with Crippen LogP contribution in [0.4, 0.5) is 0 Å². The zero-order chi connectivity index (χ0) is 31.7. The van der Waals surface area contributed by atoms with Crippen molar-refractivity contribution in [2.75, 3.05) is 19.7 Å². The summed E-state index contributed by atoms with van der Waals surface area (Å²) in [7, 11) is 0. The van der Waals surface area contributed by atoms with Crippen LogP contribution in [0.5, 0.6) is 0 Å². The van der Waals surface area contributed by atoms with Gasteiger partial charge in [0.25, 0.3) is 0 Å². The average Bonchev–Trinajstić information content (AvgIpc) is 3.36. The van der Waals surface area contributed by atoms with Crippen molar-refractivity contribution in [1.29, 1.82) is 0 Å². The molecule has 250 valence electrons. The van der Waals surface area contributed by atoms with Crippen molar-refractivity contribution in [3.63, 3.8) is 0 Å². The van der Waals surface area contributed by atoms with Gasteiger partial charge in [-0.1, -0.05) is 41.5 Å². The van der Waals surface area contributed by atoms with Crippen LogP contribution in [-0.2, 0) is 23.7 Å². The van der Waals surface area contributed by atoms with E-state index in [9.17, 15) is 9.90 Å². The molecule has 7 heteroatoms. The van der Waals surface area contributed by atoms with Crippen molar-refractivity contribution in [2.45, 2.75) is 150 Å². The first-order chi connectivity index (χ1) is 20.5. The van der Waals surface area contributed by atoms with Gasteiger partial charge in [0, 0.05) is 20.0 Å². The molecule has 5 saturated carbocycles. The summed E-state index contributed by atoms with van der Waals surface area (Å²) in [5.74, 6) is 2.73. The van der Waals surface area contributed by atoms with E-state index in [4.69, 9.17) is 18.9 Å². The average molecular weight is 616 g/mol. The maximum Gasteiger partial charge on any atom is 0.303 e. The molecule has 0 radical (unpaired) electrons. The number of morpholine rings is 1. The zero-order valence-electron chi connectivity index (χ0n) is 29.0. The van der Waals surface area contributed by atoms with Crippen molar-refractivity contribution >= 4 is 5.97 Å². The Labute approximate surface area is 266 Å². The summed E-state index contributed by atoms with van der Waals surface area (Å²) in [5.41, 5.74) is 0.229. The van der Waals surface area contributed by atoms with E-state index >= 15 is 0 Å². The van der Waals surface area contributed by atoms with Gasteiger partial charge in [-0.25, -0.2) is 0 Å². The molecule has 5 aliphatic carbocycles. The van der Waals surface area contributed by atoms with Crippen LogP contribution in [0, 0.1) is 56.7 Å². The molecule has 2 aliphatic heterocycles. The normalized spacial score (nSPS) is 53.3. The standard InChI is InChI=1S/C37H61NO6/c1-21-18-24(31(33(6,7)40)42-23(3)39)43-25-19-35(9)27-11-10-26-32(4,5)28(44-29-20-38-16-17-41-29)12-13-36(26)22(2)37(27,36)15-14-34(35,8)30(21)25/h21-22,24-31,38,40H,10-20H2,1-9H3/t21?,22-,24-,25-,26?,27+,28+,29?,30?,31+,34-,35+,36?,37+/m1/s1. The number of ether oxygens (including phenoxy) is 4. The quantitative estimate of drug-likeness (QED) is 0.361. The van der Waals surface area contributed by atoms with Crippen molar-refractivity contribution in [3.8, 4) is 0 Å². The third-order valence-corrected chi connectivity index (χ3v) is 15.9. The topological polar surface area (TPSA) is 86.3 Å². The molecule has 44 heavy (non-hydrogen) atoms. The Morgan fingerprint density at radius 1 is 1.00 bits per heavy atom. The van der Waals surface area contributed by atoms with E-state index in [0.717, 1.165) is 44.9 Å². The van der Waals surface area contributed by atoms with Crippen LogP contribution >= 0.6 is 0 Å². The van der Waals surface area contributed by atoms with E-state index in [1.165, 1.54) is 39.0 Å². The fourth-order valence-corrected chi connectivity index (χ4v) is 14.2. The van der Waals surface area contributed by atoms with Crippen molar-refractivity contribution < 1.29 is 28.8 Å². The number of hydrogen-bond donors (Lipinski definition) is 2. The fourth-order valence-electron chi connectivity index (χ4n) is 14.2. The lowest BCUT2D eigenvalue weighted by Crippen LogP contribution is -2.59. The second-order valence-corrected chi connectivity index (χ2v) is 18.1. The van der Waals surface area contributed by atoms with Gasteiger partial charge in [0.05, 0.1) is 30.5 Å². The smallest absolute Gasteiger partial charge is 0.303 e. The van der Waals surface area contributed by atoms with Gasteiger partial charge in [0.15, 0.2) is 12.4 Å². The molecule has 2 saturated heterocycles. The summed E-state index contributed by atoms with van der Waals surface area (Å²) in [6.07, 6.45) is 8.87. The predicted molar refractivity (Wildman–Crippen MR) is 169 cm³/mol. The third-order valence-electron chi connectivity index (χ3n) is 15.9. The number of hydrogen-bond acceptors (Lipinski definition) is 7. The van der Waals surface area contributed by atoms with Crippen molar-refractivity contribution in [1.82, 2.24) is 5.32 Å². The maximum absolute atomic E-state index is 12.1. The van der Waals surface area contributed by atoms with Gasteiger partial charge >= 0.3 is 5.97 Å². The molecule has 2 N–H and O–H groups in total. The number of aliphatic hydroxyl groups is 1. The molecular formula is C37H61NO6. The van der Waals surface area contributed by atoms with Crippen LogP contribution in [0.3, 0.4) is 0 Å². The Bertz CT molecular complexity index is 1150. The van der Waals surface area contributed by atoms with Gasteiger partial charge in [0.2, 0.25) is 0 Å². The summed E-state index contributed by atoms with van der Waals surface area (Å²) >= 11 is 0. The first-order valence-electron chi connectivity index (χ1n) is 18.1. The lowest BCUT2D eigenvalue weighted by molar-refractivity contribution is -0.235. The predicted octanol–water partition coefficient (Wildman–Crippen LogP) is 6.11. The maximum atomic E-state index is 12.1. The van der Waals surface area contributed by atoms with Gasteiger partial charge in [0.1, 0.15) is 0 Å². The van der Waals surface area contributed by atoms with Gasteiger partial charge in [-0.05, 0) is 122 Å². The molecule has 2 spiro atoms. The molecule has 14 atom stereocenters. The van der Waals surface area contributed by atoms with E-state index < -0.39 is 11.7 Å². The highest BCUT2D eigenvalue weighted by atomic mass is 16.7. The molecule has 0 amide bonds. The van der Waals surface area contributed by atoms with E-state index in [1.807, 2.05) is 0 Å². The Hall–Kier alpha value is -0.730. The van der Waals surface area contributed by atoms with E-state index in [-0.39, 0.29) is 46.8 Å². The number of carbonyl (C=O) groups is 1. The largest absolute Gasteiger partial charge is 0.457 e. The minimum absolute atomic E-state index is 0.122. The van der Waals surface area contributed by atoms with Crippen LogP contribution in [0.15, 0.2) is 0 Å². The summed E-state index contributed by atoms with van der Waals surface area (Å²) in [6, 6.07) is 0. The molecule has 5 unspecified atom stereocenters. The van der Waals surface area contributed by atoms with Crippen LogP contribution in [0.25, 0.3) is 0 Å². The fraction of sp³-hybridized carbons (Fsp3) is 0.973. The van der Waals surface area contributed by atoms with Gasteiger partial charge in [-0.15, -0.1) is 0 Å². The summed E-state index contributed by atoms with van der Waals surface area (Å²) in [4.78, 5) is 12.1. The monoisotopic (exact) mass is 615 g/mol. The minimum Gasteiger partial charge on any atom is -0.457 e. The lowest BCUT2D eigenvalue weighted by Gasteiger charge is -2.63. The summed E-state index contributed by atoms with van der Waals surface area (Å²) in [5, 5.41) is 14.5. The highest BCUT2D eigenvalue weighted by molar-refractivity contribution is 5.66. The number of esters is 1. The number of carbonyl (C=O) groups excluding carboxylic acids is 1. The van der Waals surface area contributed by atoms with Crippen LogP contribution < -0.4 is 5.32 Å². The van der Waals surface area contributed by atoms with Crippen molar-refractivity contribution in [2.24, 2.45) is 56.7 Å². The van der Waals surface area contributed by atoms with Gasteiger partial charge < -0.3 is 29.4 Å². The summed E-state index contributed by atoms with van der Waals surface area (Å²) in [6.45, 7) is 22.7. The van der Waals surface area contributed by atoms with Crippen LogP contribution in [0.2, 0.25) is 0 Å². The first-order valence-corrected chi connectivity index (χ1v) is 18.1. The number of fused-ring (bicyclic) bond motifs is 4. The molecule has 0 aromatic carbocycles. The molecule has 7 fully saturated rings. The first kappa shape index (κ1) is 31.8. The Morgan fingerprint density at radius 3 is 2.36 bits per heavy atom. The highest BCUT2D eigenvalue weighted by Gasteiger charge is 2.86. The zero-order valence-corrected chi connectivity index (χ0v) is 29.0. The van der Waals surface area contributed by atoms with E-state index in [1.54, 1.807) is 13.8 Å². The second kappa shape index (κ2) is 10.1. The molecular weight excluding hydrogens is 554 g/mol.